The molecule has 3 rings (SSSR count). The van der Waals surface area contributed by atoms with Crippen molar-refractivity contribution in [3.8, 4) is 0 Å². The van der Waals surface area contributed by atoms with Crippen LogP contribution in [0.4, 0.5) is 5.69 Å². The van der Waals surface area contributed by atoms with E-state index in [1.54, 1.807) is 19.2 Å². The monoisotopic (exact) mass is 457 g/mol. The molecule has 0 aliphatic rings. The van der Waals surface area contributed by atoms with Crippen molar-refractivity contribution in [2.75, 3.05) is 12.4 Å². The molecule has 2 aromatic carbocycles. The highest BCUT2D eigenvalue weighted by atomic mass is 32.2. The first-order valence-corrected chi connectivity index (χ1v) is 11.7. The Hall–Kier alpha value is -3.01. The number of anilines is 1. The molecule has 8 nitrogen and oxygen atoms in total. The quantitative estimate of drug-likeness (QED) is 0.475. The van der Waals surface area contributed by atoms with E-state index in [1.807, 2.05) is 23.9 Å². The topological polar surface area (TPSA) is 111 Å². The Kier molecular flexibility index (Phi) is 7.44. The van der Waals surface area contributed by atoms with Gasteiger partial charge in [-0.25, -0.2) is 0 Å². The van der Waals surface area contributed by atoms with Crippen LogP contribution in [0, 0.1) is 0 Å². The summed E-state index contributed by atoms with van der Waals surface area (Å²) in [6.45, 7) is 2.57. The van der Waals surface area contributed by atoms with Crippen LogP contribution >= 0.6 is 0 Å². The van der Waals surface area contributed by atoms with E-state index in [4.69, 9.17) is 4.74 Å². The minimum atomic E-state index is -4.51. The van der Waals surface area contributed by atoms with E-state index in [1.165, 1.54) is 30.0 Å². The Morgan fingerprint density at radius 1 is 1.16 bits per heavy atom. The molecule has 0 aliphatic carbocycles. The molecule has 0 aliphatic heterocycles. The van der Waals surface area contributed by atoms with Crippen molar-refractivity contribution in [3.63, 3.8) is 0 Å². The van der Waals surface area contributed by atoms with Gasteiger partial charge in [-0.05, 0) is 36.2 Å². The second kappa shape index (κ2) is 10.1. The summed E-state index contributed by atoms with van der Waals surface area (Å²) in [5, 5.41) is 7.28. The zero-order valence-corrected chi connectivity index (χ0v) is 19.1. The molecular weight excluding hydrogens is 430 g/mol. The van der Waals surface area contributed by atoms with Crippen LogP contribution in [0.2, 0.25) is 0 Å². The number of benzene rings is 2. The first-order chi connectivity index (χ1) is 15.2. The van der Waals surface area contributed by atoms with Gasteiger partial charge in [0.1, 0.15) is 4.90 Å². The molecule has 0 spiro atoms. The average molecular weight is 458 g/mol. The Morgan fingerprint density at radius 2 is 1.84 bits per heavy atom. The van der Waals surface area contributed by atoms with Crippen molar-refractivity contribution < 1.29 is 22.5 Å². The van der Waals surface area contributed by atoms with Crippen LogP contribution in [0.1, 0.15) is 46.2 Å². The molecule has 9 heteroatoms. The van der Waals surface area contributed by atoms with Gasteiger partial charge in [0, 0.05) is 37.5 Å². The van der Waals surface area contributed by atoms with Crippen molar-refractivity contribution in [2.45, 2.75) is 37.7 Å². The smallest absolute Gasteiger partial charge is 0.295 e. The fourth-order valence-electron chi connectivity index (χ4n) is 3.66. The summed E-state index contributed by atoms with van der Waals surface area (Å²) in [6, 6.07) is 12.8. The standard InChI is InChI=1S/C23H27N3O5S/c1-4-7-21-19(20(15-31-3)25-26(21)2)14-16-10-12-17(13-11-16)24-23(27)18-8-5-6-9-22(18)32(28,29)30/h5-6,8-13H,4,7,14-15H2,1-3H3,(H,24,27)(H,28,29,30). The highest BCUT2D eigenvalue weighted by Crippen LogP contribution is 2.22. The summed E-state index contributed by atoms with van der Waals surface area (Å²) < 4.78 is 39.7. The first-order valence-electron chi connectivity index (χ1n) is 10.2. The van der Waals surface area contributed by atoms with E-state index < -0.39 is 20.9 Å². The van der Waals surface area contributed by atoms with Crippen molar-refractivity contribution in [3.05, 3.63) is 76.6 Å². The maximum absolute atomic E-state index is 12.6. The molecule has 1 heterocycles. The van der Waals surface area contributed by atoms with Crippen LogP contribution in [0.3, 0.4) is 0 Å². The SMILES string of the molecule is CCCc1c(Cc2ccc(NC(=O)c3ccccc3S(=O)(=O)O)cc2)c(COC)nn1C. The van der Waals surface area contributed by atoms with Crippen LogP contribution in [0.5, 0.6) is 0 Å². The summed E-state index contributed by atoms with van der Waals surface area (Å²) in [7, 11) is -0.917. The Balaban J connectivity index is 1.79. The predicted molar refractivity (Wildman–Crippen MR) is 121 cm³/mol. The highest BCUT2D eigenvalue weighted by molar-refractivity contribution is 7.86. The molecule has 170 valence electrons. The van der Waals surface area contributed by atoms with Gasteiger partial charge in [0.2, 0.25) is 0 Å². The maximum Gasteiger partial charge on any atom is 0.295 e. The lowest BCUT2D eigenvalue weighted by atomic mass is 10.0. The van der Waals surface area contributed by atoms with Crippen molar-refractivity contribution >= 4 is 21.7 Å². The van der Waals surface area contributed by atoms with Gasteiger partial charge in [0.25, 0.3) is 16.0 Å². The van der Waals surface area contributed by atoms with Gasteiger partial charge in [0.05, 0.1) is 17.9 Å². The predicted octanol–water partition coefficient (Wildman–Crippen LogP) is 3.61. The van der Waals surface area contributed by atoms with Gasteiger partial charge >= 0.3 is 0 Å². The third kappa shape index (κ3) is 5.42. The number of methoxy groups -OCH3 is 1. The number of carbonyl (C=O) groups excluding carboxylic acids is 1. The minimum Gasteiger partial charge on any atom is -0.378 e. The summed E-state index contributed by atoms with van der Waals surface area (Å²) in [6.07, 6.45) is 2.61. The molecule has 0 saturated heterocycles. The van der Waals surface area contributed by atoms with E-state index in [-0.39, 0.29) is 5.56 Å². The number of hydrogen-bond acceptors (Lipinski definition) is 5. The van der Waals surface area contributed by atoms with E-state index >= 15 is 0 Å². The van der Waals surface area contributed by atoms with Gasteiger partial charge in [0.15, 0.2) is 0 Å². The van der Waals surface area contributed by atoms with Crippen LogP contribution in [-0.4, -0.2) is 35.8 Å². The number of nitrogens with one attached hydrogen (secondary N) is 1. The van der Waals surface area contributed by atoms with Gasteiger partial charge in [-0.15, -0.1) is 0 Å². The van der Waals surface area contributed by atoms with E-state index in [0.29, 0.717) is 18.7 Å². The molecule has 0 fully saturated rings. The molecule has 3 aromatic rings. The third-order valence-corrected chi connectivity index (χ3v) is 6.04. The number of carbonyl (C=O) groups is 1. The Labute approximate surface area is 188 Å². The molecule has 2 N–H and O–H groups in total. The number of aromatic nitrogens is 2. The zero-order valence-electron chi connectivity index (χ0n) is 18.3. The highest BCUT2D eigenvalue weighted by Gasteiger charge is 2.20. The van der Waals surface area contributed by atoms with Crippen LogP contribution in [-0.2, 0) is 41.4 Å². The first kappa shape index (κ1) is 23.6. The number of hydrogen-bond donors (Lipinski definition) is 2. The van der Waals surface area contributed by atoms with Gasteiger partial charge in [-0.1, -0.05) is 37.6 Å². The Bertz CT molecular complexity index is 1200. The number of aryl methyl sites for hydroxylation is 1. The summed E-state index contributed by atoms with van der Waals surface area (Å²) in [5.74, 6) is -0.620. The number of nitrogens with zero attached hydrogens (tertiary/aromatic N) is 2. The van der Waals surface area contributed by atoms with Crippen molar-refractivity contribution in [1.82, 2.24) is 9.78 Å². The van der Waals surface area contributed by atoms with Crippen molar-refractivity contribution in [1.29, 1.82) is 0 Å². The van der Waals surface area contributed by atoms with Gasteiger partial charge < -0.3 is 10.1 Å². The molecule has 0 unspecified atom stereocenters. The zero-order chi connectivity index (χ0) is 23.3. The fourth-order valence-corrected chi connectivity index (χ4v) is 4.35. The second-order valence-corrected chi connectivity index (χ2v) is 8.87. The number of ether oxygens (including phenoxy) is 1. The Morgan fingerprint density at radius 3 is 2.47 bits per heavy atom. The van der Waals surface area contributed by atoms with Crippen molar-refractivity contribution in [2.24, 2.45) is 7.05 Å². The van der Waals surface area contributed by atoms with Gasteiger partial charge in [-0.2, -0.15) is 13.5 Å². The minimum absolute atomic E-state index is 0.122. The normalized spacial score (nSPS) is 11.5. The summed E-state index contributed by atoms with van der Waals surface area (Å²) >= 11 is 0. The summed E-state index contributed by atoms with van der Waals surface area (Å²) in [4.78, 5) is 12.2. The lowest BCUT2D eigenvalue weighted by molar-refractivity contribution is 0.102. The number of amides is 1. The molecule has 0 bridgehead atoms. The molecule has 1 aromatic heterocycles. The molecule has 32 heavy (non-hydrogen) atoms. The third-order valence-electron chi connectivity index (χ3n) is 5.13. The van der Waals surface area contributed by atoms with Crippen LogP contribution in [0.15, 0.2) is 53.4 Å². The van der Waals surface area contributed by atoms with Crippen LogP contribution < -0.4 is 5.32 Å². The maximum atomic E-state index is 12.6. The molecule has 0 radical (unpaired) electrons. The second-order valence-electron chi connectivity index (χ2n) is 7.48. The van der Waals surface area contributed by atoms with E-state index in [9.17, 15) is 17.8 Å². The van der Waals surface area contributed by atoms with E-state index in [0.717, 1.165) is 29.7 Å². The molecular formula is C23H27N3O5S. The van der Waals surface area contributed by atoms with Crippen LogP contribution in [0.25, 0.3) is 0 Å². The lowest BCUT2D eigenvalue weighted by Crippen LogP contribution is -2.16. The summed E-state index contributed by atoms with van der Waals surface area (Å²) in [5.41, 5.74) is 4.68. The average Bonchev–Trinajstić information content (AvgIpc) is 3.04. The molecule has 0 saturated carbocycles. The number of rotatable bonds is 9. The lowest BCUT2D eigenvalue weighted by Gasteiger charge is -2.10. The fraction of sp³-hybridized carbons (Fsp3) is 0.304. The molecule has 0 atom stereocenters. The largest absolute Gasteiger partial charge is 0.378 e. The molecule has 1 amide bonds. The van der Waals surface area contributed by atoms with Gasteiger partial charge in [-0.3, -0.25) is 14.0 Å². The van der Waals surface area contributed by atoms with E-state index in [2.05, 4.69) is 17.3 Å².